The lowest BCUT2D eigenvalue weighted by atomic mass is 10.0. The first-order valence-electron chi connectivity index (χ1n) is 5.07. The molecule has 1 N–H and O–H groups in total. The zero-order chi connectivity index (χ0) is 11.4. The van der Waals surface area contributed by atoms with E-state index in [-0.39, 0.29) is 6.10 Å². The first-order chi connectivity index (χ1) is 7.02. The Kier molecular flexibility index (Phi) is 4.58. The lowest BCUT2D eigenvalue weighted by Gasteiger charge is -2.16. The molecule has 0 aromatic heterocycles. The van der Waals surface area contributed by atoms with E-state index in [1.54, 1.807) is 0 Å². The van der Waals surface area contributed by atoms with Gasteiger partial charge in [-0.1, -0.05) is 23.7 Å². The molecule has 1 rings (SSSR count). The van der Waals surface area contributed by atoms with Gasteiger partial charge in [0, 0.05) is 5.02 Å². The molecule has 1 unspecified atom stereocenters. The molecular weight excluding hydrogens is 212 g/mol. The molecule has 2 nitrogen and oxygen atoms in total. The van der Waals surface area contributed by atoms with Gasteiger partial charge in [-0.3, -0.25) is 0 Å². The van der Waals surface area contributed by atoms with Crippen molar-refractivity contribution in [1.29, 1.82) is 0 Å². The molecule has 15 heavy (non-hydrogen) atoms. The van der Waals surface area contributed by atoms with Gasteiger partial charge in [-0.2, -0.15) is 0 Å². The van der Waals surface area contributed by atoms with Crippen molar-refractivity contribution >= 4 is 11.6 Å². The van der Waals surface area contributed by atoms with E-state index >= 15 is 0 Å². The Labute approximate surface area is 95.8 Å². The average molecular weight is 229 g/mol. The van der Waals surface area contributed by atoms with E-state index in [1.807, 2.05) is 39.0 Å². The summed E-state index contributed by atoms with van der Waals surface area (Å²) in [6, 6.07) is 5.52. The number of ether oxygens (including phenoxy) is 1. The van der Waals surface area contributed by atoms with Crippen LogP contribution in [0.1, 0.15) is 31.1 Å². The highest BCUT2D eigenvalue weighted by molar-refractivity contribution is 6.31. The second kappa shape index (κ2) is 5.50. The van der Waals surface area contributed by atoms with Crippen molar-refractivity contribution < 1.29 is 9.84 Å². The highest BCUT2D eigenvalue weighted by atomic mass is 35.5. The molecule has 84 valence electrons. The van der Waals surface area contributed by atoms with Crippen LogP contribution < -0.4 is 0 Å². The average Bonchev–Trinajstić information content (AvgIpc) is 2.18. The molecule has 0 spiro atoms. The van der Waals surface area contributed by atoms with Crippen molar-refractivity contribution in [3.8, 4) is 0 Å². The lowest BCUT2D eigenvalue weighted by molar-refractivity contribution is 0.00470. The molecule has 0 saturated carbocycles. The molecule has 0 amide bonds. The fourth-order valence-electron chi connectivity index (χ4n) is 1.36. The predicted molar refractivity (Wildman–Crippen MR) is 62.2 cm³/mol. The molecule has 1 aromatic carbocycles. The van der Waals surface area contributed by atoms with Crippen LogP contribution in [0.25, 0.3) is 0 Å². The molecule has 0 aliphatic rings. The van der Waals surface area contributed by atoms with Crippen molar-refractivity contribution in [1.82, 2.24) is 0 Å². The topological polar surface area (TPSA) is 29.5 Å². The molecule has 1 atom stereocenters. The monoisotopic (exact) mass is 228 g/mol. The van der Waals surface area contributed by atoms with Crippen LogP contribution in [0.3, 0.4) is 0 Å². The van der Waals surface area contributed by atoms with Gasteiger partial charge in [0.05, 0.1) is 12.7 Å². The normalized spacial score (nSPS) is 13.2. The fourth-order valence-corrected chi connectivity index (χ4v) is 1.54. The minimum atomic E-state index is -0.605. The Balaban J connectivity index is 2.73. The van der Waals surface area contributed by atoms with Crippen LogP contribution in [-0.4, -0.2) is 17.8 Å². The summed E-state index contributed by atoms with van der Waals surface area (Å²) in [7, 11) is 0. The highest BCUT2D eigenvalue weighted by Crippen LogP contribution is 2.24. The smallest absolute Gasteiger partial charge is 0.103 e. The summed E-state index contributed by atoms with van der Waals surface area (Å²) in [5, 5.41) is 10.6. The maximum absolute atomic E-state index is 9.89. The van der Waals surface area contributed by atoms with E-state index in [0.29, 0.717) is 11.6 Å². The summed E-state index contributed by atoms with van der Waals surface area (Å²) < 4.78 is 5.36. The van der Waals surface area contributed by atoms with Gasteiger partial charge in [-0.15, -0.1) is 0 Å². The van der Waals surface area contributed by atoms with Crippen LogP contribution in [0.4, 0.5) is 0 Å². The van der Waals surface area contributed by atoms with Crippen LogP contribution in [0.2, 0.25) is 5.02 Å². The molecule has 3 heteroatoms. The lowest BCUT2D eigenvalue weighted by Crippen LogP contribution is -2.12. The molecule has 1 aromatic rings. The third-order valence-corrected chi connectivity index (χ3v) is 2.67. The largest absolute Gasteiger partial charge is 0.386 e. The van der Waals surface area contributed by atoms with Crippen LogP contribution in [0, 0.1) is 6.92 Å². The van der Waals surface area contributed by atoms with Gasteiger partial charge in [0.25, 0.3) is 0 Å². The number of aliphatic hydroxyl groups excluding tert-OH is 1. The van der Waals surface area contributed by atoms with Crippen molar-refractivity contribution in [2.75, 3.05) is 6.61 Å². The van der Waals surface area contributed by atoms with Crippen molar-refractivity contribution in [3.05, 3.63) is 34.3 Å². The fraction of sp³-hybridized carbons (Fsp3) is 0.500. The zero-order valence-electron chi connectivity index (χ0n) is 9.33. The molecular formula is C12H17ClO2. The predicted octanol–water partition coefficient (Wildman–Crippen LogP) is 3.11. The molecule has 0 fully saturated rings. The molecule has 0 aliphatic heterocycles. The molecule has 0 bridgehead atoms. The van der Waals surface area contributed by atoms with Crippen LogP contribution in [0.15, 0.2) is 18.2 Å². The molecule has 0 saturated heterocycles. The number of benzene rings is 1. The van der Waals surface area contributed by atoms with Gasteiger partial charge in [0.2, 0.25) is 0 Å². The second-order valence-electron chi connectivity index (χ2n) is 3.85. The maximum atomic E-state index is 9.89. The van der Waals surface area contributed by atoms with E-state index in [4.69, 9.17) is 16.3 Å². The minimum Gasteiger partial charge on any atom is -0.386 e. The second-order valence-corrected chi connectivity index (χ2v) is 4.26. The Morgan fingerprint density at radius 2 is 2.07 bits per heavy atom. The van der Waals surface area contributed by atoms with Crippen molar-refractivity contribution in [2.45, 2.75) is 33.0 Å². The van der Waals surface area contributed by atoms with Gasteiger partial charge >= 0.3 is 0 Å². The summed E-state index contributed by atoms with van der Waals surface area (Å²) >= 11 is 5.97. The SMILES string of the molecule is Cc1c(Cl)cccc1C(O)COC(C)C. The van der Waals surface area contributed by atoms with Crippen molar-refractivity contribution in [2.24, 2.45) is 0 Å². The van der Waals surface area contributed by atoms with Gasteiger partial charge < -0.3 is 9.84 Å². The Morgan fingerprint density at radius 3 is 2.67 bits per heavy atom. The number of rotatable bonds is 4. The third kappa shape index (κ3) is 3.49. The molecule has 0 aliphatic carbocycles. The van der Waals surface area contributed by atoms with E-state index in [2.05, 4.69) is 0 Å². The zero-order valence-corrected chi connectivity index (χ0v) is 10.1. The number of aliphatic hydroxyl groups is 1. The van der Waals surface area contributed by atoms with Crippen LogP contribution >= 0.6 is 11.6 Å². The van der Waals surface area contributed by atoms with E-state index in [1.165, 1.54) is 0 Å². The number of hydrogen-bond donors (Lipinski definition) is 1. The van der Waals surface area contributed by atoms with Crippen LogP contribution in [-0.2, 0) is 4.74 Å². The molecule has 0 heterocycles. The molecule has 0 radical (unpaired) electrons. The minimum absolute atomic E-state index is 0.124. The summed E-state index contributed by atoms with van der Waals surface area (Å²) in [6.07, 6.45) is -0.481. The van der Waals surface area contributed by atoms with Gasteiger partial charge in [0.1, 0.15) is 6.10 Å². The summed E-state index contributed by atoms with van der Waals surface area (Å²) in [5.41, 5.74) is 1.75. The standard InChI is InChI=1S/C12H17ClO2/c1-8(2)15-7-12(14)10-5-4-6-11(13)9(10)3/h4-6,8,12,14H,7H2,1-3H3. The summed E-state index contributed by atoms with van der Waals surface area (Å²) in [5.74, 6) is 0. The van der Waals surface area contributed by atoms with Gasteiger partial charge in [0.15, 0.2) is 0 Å². The number of hydrogen-bond acceptors (Lipinski definition) is 2. The Bertz CT molecular complexity index is 323. The third-order valence-electron chi connectivity index (χ3n) is 2.26. The van der Waals surface area contributed by atoms with E-state index in [9.17, 15) is 5.11 Å². The maximum Gasteiger partial charge on any atom is 0.103 e. The Hall–Kier alpha value is -0.570. The summed E-state index contributed by atoms with van der Waals surface area (Å²) in [4.78, 5) is 0. The summed E-state index contributed by atoms with van der Waals surface area (Å²) in [6.45, 7) is 6.09. The van der Waals surface area contributed by atoms with Gasteiger partial charge in [-0.25, -0.2) is 0 Å². The van der Waals surface area contributed by atoms with E-state index in [0.717, 1.165) is 11.1 Å². The first kappa shape index (κ1) is 12.5. The van der Waals surface area contributed by atoms with Crippen LogP contribution in [0.5, 0.6) is 0 Å². The quantitative estimate of drug-likeness (QED) is 0.858. The Morgan fingerprint density at radius 1 is 1.40 bits per heavy atom. The first-order valence-corrected chi connectivity index (χ1v) is 5.45. The highest BCUT2D eigenvalue weighted by Gasteiger charge is 2.12. The van der Waals surface area contributed by atoms with Gasteiger partial charge in [-0.05, 0) is 38.0 Å². The van der Waals surface area contributed by atoms with Crippen molar-refractivity contribution in [3.63, 3.8) is 0 Å². The number of halogens is 1. The van der Waals surface area contributed by atoms with E-state index < -0.39 is 6.10 Å².